The molecular weight excluding hydrogens is 271 g/mol. The third-order valence-electron chi connectivity index (χ3n) is 2.19. The number of carboxylic acid groups (broad SMARTS) is 2. The van der Waals surface area contributed by atoms with E-state index in [1.165, 1.54) is 0 Å². The number of aromatic nitrogens is 1. The van der Waals surface area contributed by atoms with Gasteiger partial charge >= 0.3 is 18.1 Å². The lowest BCUT2D eigenvalue weighted by molar-refractivity contribution is -0.141. The molecule has 0 aliphatic heterocycles. The lowest BCUT2D eigenvalue weighted by atomic mass is 10.0. The van der Waals surface area contributed by atoms with Crippen LogP contribution in [0.1, 0.15) is 32.0 Å². The molecule has 0 radical (unpaired) electrons. The molecule has 2 N–H and O–H groups in total. The fourth-order valence-corrected chi connectivity index (χ4v) is 1.47. The van der Waals surface area contributed by atoms with Crippen molar-refractivity contribution in [3.8, 4) is 0 Å². The molecule has 9 heteroatoms. The molecule has 1 aromatic heterocycles. The van der Waals surface area contributed by atoms with E-state index in [1.807, 2.05) is 0 Å². The van der Waals surface area contributed by atoms with Crippen LogP contribution in [0.2, 0.25) is 0 Å². The zero-order valence-corrected chi connectivity index (χ0v) is 9.48. The van der Waals surface area contributed by atoms with Crippen LogP contribution in [0.4, 0.5) is 13.2 Å². The van der Waals surface area contributed by atoms with Gasteiger partial charge < -0.3 is 14.9 Å². The van der Waals surface area contributed by atoms with E-state index >= 15 is 0 Å². The number of methoxy groups -OCH3 is 1. The maximum atomic E-state index is 12.6. The molecule has 0 bridgehead atoms. The zero-order valence-electron chi connectivity index (χ0n) is 9.48. The average molecular weight is 279 g/mol. The smallest absolute Gasteiger partial charge is 0.434 e. The summed E-state index contributed by atoms with van der Waals surface area (Å²) in [6.07, 6.45) is -4.54. The number of halogens is 3. The Labute approximate surface area is 104 Å². The molecule has 0 atom stereocenters. The van der Waals surface area contributed by atoms with Gasteiger partial charge in [-0.3, -0.25) is 4.98 Å². The van der Waals surface area contributed by atoms with Gasteiger partial charge in [0, 0.05) is 18.9 Å². The Hall–Kier alpha value is -2.16. The van der Waals surface area contributed by atoms with Crippen molar-refractivity contribution < 1.29 is 37.7 Å². The van der Waals surface area contributed by atoms with Gasteiger partial charge in [-0.2, -0.15) is 13.2 Å². The molecule has 0 aliphatic carbocycles. The molecule has 104 valence electrons. The molecule has 0 spiro atoms. The van der Waals surface area contributed by atoms with Crippen molar-refractivity contribution in [2.75, 3.05) is 7.11 Å². The van der Waals surface area contributed by atoms with Crippen LogP contribution in [-0.4, -0.2) is 34.2 Å². The Morgan fingerprint density at radius 1 is 1.32 bits per heavy atom. The van der Waals surface area contributed by atoms with E-state index in [0.29, 0.717) is 6.20 Å². The van der Waals surface area contributed by atoms with Crippen LogP contribution < -0.4 is 0 Å². The van der Waals surface area contributed by atoms with E-state index in [-0.39, 0.29) is 0 Å². The summed E-state index contributed by atoms with van der Waals surface area (Å²) < 4.78 is 42.5. The Balaban J connectivity index is 3.68. The summed E-state index contributed by atoms with van der Waals surface area (Å²) in [6, 6.07) is 0. The summed E-state index contributed by atoms with van der Waals surface area (Å²) in [5.41, 5.74) is -4.09. The van der Waals surface area contributed by atoms with Gasteiger partial charge in [0.05, 0.1) is 17.7 Å². The van der Waals surface area contributed by atoms with Gasteiger partial charge in [-0.1, -0.05) is 0 Å². The third kappa shape index (κ3) is 2.99. The number of nitrogens with zero attached hydrogens (tertiary/aromatic N) is 1. The molecule has 6 nitrogen and oxygen atoms in total. The average Bonchev–Trinajstić information content (AvgIpc) is 2.26. The number of ether oxygens (including phenoxy) is 1. The first kappa shape index (κ1) is 14.9. The highest BCUT2D eigenvalue weighted by atomic mass is 19.4. The molecule has 0 amide bonds. The van der Waals surface area contributed by atoms with E-state index in [4.69, 9.17) is 10.2 Å². The van der Waals surface area contributed by atoms with Gasteiger partial charge in [-0.05, 0) is 0 Å². The summed E-state index contributed by atoms with van der Waals surface area (Å²) in [6.45, 7) is -0.588. The molecule has 0 unspecified atom stereocenters. The standard InChI is InChI=1S/C10H8F3NO5/c1-19-3-5-4(8(15)16)2-14-7(10(11,12)13)6(5)9(17)18/h2H,3H2,1H3,(H,15,16)(H,17,18). The Morgan fingerprint density at radius 3 is 2.26 bits per heavy atom. The maximum absolute atomic E-state index is 12.6. The van der Waals surface area contributed by atoms with Gasteiger partial charge in [-0.15, -0.1) is 0 Å². The van der Waals surface area contributed by atoms with Crippen LogP contribution >= 0.6 is 0 Å². The monoisotopic (exact) mass is 279 g/mol. The highest BCUT2D eigenvalue weighted by Crippen LogP contribution is 2.33. The van der Waals surface area contributed by atoms with Gasteiger partial charge in [0.1, 0.15) is 0 Å². The lowest BCUT2D eigenvalue weighted by Gasteiger charge is -2.14. The van der Waals surface area contributed by atoms with E-state index < -0.39 is 47.1 Å². The largest absolute Gasteiger partial charge is 0.478 e. The Bertz CT molecular complexity index is 527. The third-order valence-corrected chi connectivity index (χ3v) is 2.19. The summed E-state index contributed by atoms with van der Waals surface area (Å²) in [7, 11) is 1.10. The number of aromatic carboxylic acids is 2. The van der Waals surface area contributed by atoms with E-state index in [0.717, 1.165) is 7.11 Å². The normalized spacial score (nSPS) is 11.4. The predicted molar refractivity (Wildman–Crippen MR) is 53.9 cm³/mol. The van der Waals surface area contributed by atoms with Crippen molar-refractivity contribution in [1.29, 1.82) is 0 Å². The van der Waals surface area contributed by atoms with Crippen molar-refractivity contribution in [2.24, 2.45) is 0 Å². The number of rotatable bonds is 4. The number of alkyl halides is 3. The van der Waals surface area contributed by atoms with Gasteiger partial charge in [-0.25, -0.2) is 9.59 Å². The van der Waals surface area contributed by atoms with Crippen LogP contribution in [0.15, 0.2) is 6.20 Å². The molecular formula is C10H8F3NO5. The summed E-state index contributed by atoms with van der Waals surface area (Å²) in [5.74, 6) is -3.51. The van der Waals surface area contributed by atoms with Gasteiger partial charge in [0.25, 0.3) is 0 Å². The number of carboxylic acids is 2. The Kier molecular flexibility index (Phi) is 4.10. The number of hydrogen-bond acceptors (Lipinski definition) is 4. The van der Waals surface area contributed by atoms with Crippen LogP contribution in [0.3, 0.4) is 0 Å². The Morgan fingerprint density at radius 2 is 1.89 bits per heavy atom. The molecule has 1 aromatic rings. The summed E-state index contributed by atoms with van der Waals surface area (Å²) in [5, 5.41) is 17.7. The highest BCUT2D eigenvalue weighted by Gasteiger charge is 2.39. The SMILES string of the molecule is COCc1c(C(=O)O)cnc(C(F)(F)F)c1C(=O)O. The van der Waals surface area contributed by atoms with E-state index in [2.05, 4.69) is 9.72 Å². The van der Waals surface area contributed by atoms with Crippen molar-refractivity contribution >= 4 is 11.9 Å². The molecule has 19 heavy (non-hydrogen) atoms. The summed E-state index contributed by atoms with van der Waals surface area (Å²) in [4.78, 5) is 24.7. The molecule has 0 fully saturated rings. The molecule has 0 aliphatic rings. The maximum Gasteiger partial charge on any atom is 0.434 e. The second kappa shape index (κ2) is 5.22. The number of pyridine rings is 1. The minimum Gasteiger partial charge on any atom is -0.478 e. The fourth-order valence-electron chi connectivity index (χ4n) is 1.47. The second-order valence-electron chi connectivity index (χ2n) is 3.42. The number of carbonyl (C=O) groups is 2. The first-order valence-corrected chi connectivity index (χ1v) is 4.74. The minimum atomic E-state index is -5.01. The quantitative estimate of drug-likeness (QED) is 0.869. The molecule has 1 heterocycles. The summed E-state index contributed by atoms with van der Waals surface area (Å²) >= 11 is 0. The van der Waals surface area contributed by atoms with Crippen LogP contribution in [0.25, 0.3) is 0 Å². The molecule has 1 rings (SSSR count). The van der Waals surface area contributed by atoms with Crippen molar-refractivity contribution in [3.63, 3.8) is 0 Å². The van der Waals surface area contributed by atoms with Gasteiger partial charge in [0.15, 0.2) is 5.69 Å². The lowest BCUT2D eigenvalue weighted by Crippen LogP contribution is -2.21. The topological polar surface area (TPSA) is 96.7 Å². The molecule has 0 aromatic carbocycles. The first-order chi connectivity index (χ1) is 8.70. The zero-order chi connectivity index (χ0) is 14.8. The van der Waals surface area contributed by atoms with Crippen LogP contribution in [0.5, 0.6) is 0 Å². The second-order valence-corrected chi connectivity index (χ2v) is 3.42. The van der Waals surface area contributed by atoms with Crippen molar-refractivity contribution in [3.05, 3.63) is 28.6 Å². The van der Waals surface area contributed by atoms with Gasteiger partial charge in [0.2, 0.25) is 0 Å². The van der Waals surface area contributed by atoms with E-state index in [1.54, 1.807) is 0 Å². The van der Waals surface area contributed by atoms with Crippen LogP contribution in [-0.2, 0) is 17.5 Å². The first-order valence-electron chi connectivity index (χ1n) is 4.74. The van der Waals surface area contributed by atoms with Crippen molar-refractivity contribution in [1.82, 2.24) is 4.98 Å². The minimum absolute atomic E-state index is 0.464. The van der Waals surface area contributed by atoms with Crippen LogP contribution in [0, 0.1) is 0 Å². The predicted octanol–water partition coefficient (Wildman–Crippen LogP) is 1.64. The van der Waals surface area contributed by atoms with Crippen molar-refractivity contribution in [2.45, 2.75) is 12.8 Å². The van der Waals surface area contributed by atoms with E-state index in [9.17, 15) is 22.8 Å². The fraction of sp³-hybridized carbons (Fsp3) is 0.300. The highest BCUT2D eigenvalue weighted by molar-refractivity contribution is 5.97. The molecule has 0 saturated heterocycles. The molecule has 0 saturated carbocycles. The number of hydrogen-bond donors (Lipinski definition) is 2.